The lowest BCUT2D eigenvalue weighted by molar-refractivity contribution is 0.0600. The van der Waals surface area contributed by atoms with E-state index in [9.17, 15) is 4.79 Å². The van der Waals surface area contributed by atoms with E-state index >= 15 is 0 Å². The maximum atomic E-state index is 11.5. The smallest absolute Gasteiger partial charge is 0.339 e. The molecule has 4 heteroatoms. The molecule has 0 unspecified atom stereocenters. The van der Waals surface area contributed by atoms with E-state index in [-0.39, 0.29) is 5.97 Å². The molecular formula is C16H14N2O2. The van der Waals surface area contributed by atoms with Gasteiger partial charge in [0.05, 0.1) is 18.4 Å². The summed E-state index contributed by atoms with van der Waals surface area (Å²) in [6.45, 7) is 2.05. The zero-order valence-corrected chi connectivity index (χ0v) is 11.3. The molecule has 0 radical (unpaired) electrons. The first-order valence-corrected chi connectivity index (χ1v) is 6.31. The van der Waals surface area contributed by atoms with Crippen LogP contribution in [0.3, 0.4) is 0 Å². The fourth-order valence-electron chi connectivity index (χ4n) is 2.17. The molecule has 0 amide bonds. The first kappa shape index (κ1) is 12.4. The van der Waals surface area contributed by atoms with E-state index < -0.39 is 0 Å². The quantitative estimate of drug-likeness (QED) is 0.669. The van der Waals surface area contributed by atoms with Gasteiger partial charge >= 0.3 is 5.97 Å². The van der Waals surface area contributed by atoms with Gasteiger partial charge in [-0.3, -0.25) is 0 Å². The van der Waals surface area contributed by atoms with E-state index in [4.69, 9.17) is 4.74 Å². The largest absolute Gasteiger partial charge is 0.465 e. The molecule has 0 bridgehead atoms. The van der Waals surface area contributed by atoms with Crippen LogP contribution in [0.5, 0.6) is 0 Å². The minimum absolute atomic E-state index is 0.349. The van der Waals surface area contributed by atoms with Crippen LogP contribution in [0.15, 0.2) is 48.8 Å². The number of carbonyl (C=O) groups is 1. The Kier molecular flexibility index (Phi) is 2.99. The van der Waals surface area contributed by atoms with Crippen LogP contribution in [0, 0.1) is 6.92 Å². The predicted octanol–water partition coefficient (Wildman–Crippen LogP) is 3.10. The zero-order valence-electron chi connectivity index (χ0n) is 11.3. The predicted molar refractivity (Wildman–Crippen MR) is 76.7 cm³/mol. The first-order chi connectivity index (χ1) is 9.67. The average molecular weight is 266 g/mol. The number of benzene rings is 1. The molecule has 0 aliphatic carbocycles. The highest BCUT2D eigenvalue weighted by Crippen LogP contribution is 2.20. The number of pyridine rings is 1. The Morgan fingerprint density at radius 2 is 2.05 bits per heavy atom. The molecular weight excluding hydrogens is 252 g/mol. The van der Waals surface area contributed by atoms with Crippen molar-refractivity contribution in [2.75, 3.05) is 7.11 Å². The molecule has 20 heavy (non-hydrogen) atoms. The Balaban J connectivity index is 2.09. The second kappa shape index (κ2) is 4.81. The molecule has 0 saturated heterocycles. The van der Waals surface area contributed by atoms with Crippen LogP contribution in [-0.4, -0.2) is 22.5 Å². The van der Waals surface area contributed by atoms with Crippen LogP contribution >= 0.6 is 0 Å². The van der Waals surface area contributed by atoms with Crippen LogP contribution in [0.4, 0.5) is 0 Å². The summed E-state index contributed by atoms with van der Waals surface area (Å²) in [6.07, 6.45) is 3.64. The molecule has 0 saturated carbocycles. The summed E-state index contributed by atoms with van der Waals surface area (Å²) in [6, 6.07) is 11.7. The number of rotatable bonds is 2. The van der Waals surface area contributed by atoms with Gasteiger partial charge in [0.25, 0.3) is 0 Å². The molecule has 0 aliphatic rings. The van der Waals surface area contributed by atoms with Gasteiger partial charge in [0.2, 0.25) is 0 Å². The third-order valence-electron chi connectivity index (χ3n) is 3.19. The van der Waals surface area contributed by atoms with Crippen molar-refractivity contribution in [2.45, 2.75) is 6.92 Å². The van der Waals surface area contributed by atoms with Crippen molar-refractivity contribution in [2.24, 2.45) is 0 Å². The van der Waals surface area contributed by atoms with Crippen LogP contribution in [0.25, 0.3) is 16.9 Å². The van der Waals surface area contributed by atoms with Crippen LogP contribution in [0.2, 0.25) is 0 Å². The molecule has 4 nitrogen and oxygen atoms in total. The summed E-state index contributed by atoms with van der Waals surface area (Å²) >= 11 is 0. The zero-order chi connectivity index (χ0) is 14.1. The summed E-state index contributed by atoms with van der Waals surface area (Å²) in [5.41, 5.74) is 4.45. The topological polar surface area (TPSA) is 43.6 Å². The van der Waals surface area contributed by atoms with E-state index in [1.54, 1.807) is 12.3 Å². The summed E-state index contributed by atoms with van der Waals surface area (Å²) in [4.78, 5) is 16.1. The van der Waals surface area contributed by atoms with Gasteiger partial charge in [0.1, 0.15) is 5.65 Å². The van der Waals surface area contributed by atoms with Crippen LogP contribution in [-0.2, 0) is 4.74 Å². The molecule has 0 atom stereocenters. The molecule has 0 N–H and O–H groups in total. The molecule has 3 aromatic rings. The second-order valence-electron chi connectivity index (χ2n) is 4.67. The number of methoxy groups -OCH3 is 1. The van der Waals surface area contributed by atoms with Crippen molar-refractivity contribution in [1.29, 1.82) is 0 Å². The minimum atomic E-state index is -0.349. The summed E-state index contributed by atoms with van der Waals surface area (Å²) in [5.74, 6) is -0.349. The van der Waals surface area contributed by atoms with Crippen molar-refractivity contribution in [3.8, 4) is 11.3 Å². The number of aryl methyl sites for hydroxylation is 1. The molecule has 1 aromatic carbocycles. The number of nitrogens with zero attached hydrogens (tertiary/aromatic N) is 2. The van der Waals surface area contributed by atoms with Crippen molar-refractivity contribution < 1.29 is 9.53 Å². The fraction of sp³-hybridized carbons (Fsp3) is 0.125. The number of hydrogen-bond acceptors (Lipinski definition) is 3. The number of fused-ring (bicyclic) bond motifs is 1. The third kappa shape index (κ3) is 2.16. The standard InChI is InChI=1S/C16H14N2O2/c1-11-4-3-5-12(8-11)14-10-18-9-13(16(19)20-2)6-7-15(18)17-14/h3-10H,1-2H3. The van der Waals surface area contributed by atoms with E-state index in [0.717, 1.165) is 16.9 Å². The first-order valence-electron chi connectivity index (χ1n) is 6.31. The van der Waals surface area contributed by atoms with Gasteiger partial charge in [-0.2, -0.15) is 0 Å². The SMILES string of the molecule is COC(=O)c1ccc2nc(-c3cccc(C)c3)cn2c1. The molecule has 0 aliphatic heterocycles. The minimum Gasteiger partial charge on any atom is -0.465 e. The maximum Gasteiger partial charge on any atom is 0.339 e. The molecule has 2 aromatic heterocycles. The van der Waals surface area contributed by atoms with Crippen molar-refractivity contribution in [1.82, 2.24) is 9.38 Å². The molecule has 100 valence electrons. The normalized spacial score (nSPS) is 10.7. The summed E-state index contributed by atoms with van der Waals surface area (Å²) in [7, 11) is 1.37. The van der Waals surface area contributed by atoms with Gasteiger partial charge in [0.15, 0.2) is 0 Å². The van der Waals surface area contributed by atoms with Crippen LogP contribution < -0.4 is 0 Å². The molecule has 2 heterocycles. The Bertz CT molecular complexity index is 790. The number of aromatic nitrogens is 2. The molecule has 3 rings (SSSR count). The van der Waals surface area contributed by atoms with E-state index in [1.807, 2.05) is 28.8 Å². The maximum absolute atomic E-state index is 11.5. The number of ether oxygens (including phenoxy) is 1. The van der Waals surface area contributed by atoms with Crippen molar-refractivity contribution >= 4 is 11.6 Å². The Morgan fingerprint density at radius 1 is 1.20 bits per heavy atom. The van der Waals surface area contributed by atoms with Gasteiger partial charge in [-0.05, 0) is 25.1 Å². The van der Waals surface area contributed by atoms with E-state index in [1.165, 1.54) is 12.7 Å². The average Bonchev–Trinajstić information content (AvgIpc) is 2.89. The number of esters is 1. The van der Waals surface area contributed by atoms with E-state index in [2.05, 4.69) is 24.0 Å². The van der Waals surface area contributed by atoms with Gasteiger partial charge < -0.3 is 9.14 Å². The second-order valence-corrected chi connectivity index (χ2v) is 4.67. The Labute approximate surface area is 116 Å². The lowest BCUT2D eigenvalue weighted by atomic mass is 10.1. The highest BCUT2D eigenvalue weighted by Gasteiger charge is 2.09. The summed E-state index contributed by atoms with van der Waals surface area (Å²) in [5, 5.41) is 0. The van der Waals surface area contributed by atoms with Gasteiger partial charge in [0, 0.05) is 18.0 Å². The monoisotopic (exact) mass is 266 g/mol. The van der Waals surface area contributed by atoms with Crippen molar-refractivity contribution in [3.63, 3.8) is 0 Å². The number of hydrogen-bond donors (Lipinski definition) is 0. The molecule has 0 spiro atoms. The Hall–Kier alpha value is -2.62. The van der Waals surface area contributed by atoms with Gasteiger partial charge in [-0.1, -0.05) is 23.8 Å². The lowest BCUT2D eigenvalue weighted by Crippen LogP contribution is -2.02. The molecule has 0 fully saturated rings. The number of carbonyl (C=O) groups excluding carboxylic acids is 1. The van der Waals surface area contributed by atoms with Gasteiger partial charge in [-0.25, -0.2) is 9.78 Å². The fourth-order valence-corrected chi connectivity index (χ4v) is 2.17. The Morgan fingerprint density at radius 3 is 2.80 bits per heavy atom. The van der Waals surface area contributed by atoms with Crippen LogP contribution in [0.1, 0.15) is 15.9 Å². The van der Waals surface area contributed by atoms with E-state index in [0.29, 0.717) is 5.56 Å². The number of imidazole rings is 1. The highest BCUT2D eigenvalue weighted by molar-refractivity contribution is 5.89. The van der Waals surface area contributed by atoms with Gasteiger partial charge in [-0.15, -0.1) is 0 Å². The lowest BCUT2D eigenvalue weighted by Gasteiger charge is -1.99. The third-order valence-corrected chi connectivity index (χ3v) is 3.19. The highest BCUT2D eigenvalue weighted by atomic mass is 16.5. The van der Waals surface area contributed by atoms with Crippen molar-refractivity contribution in [3.05, 3.63) is 59.9 Å². The summed E-state index contributed by atoms with van der Waals surface area (Å²) < 4.78 is 6.56.